The van der Waals surface area contributed by atoms with E-state index in [0.29, 0.717) is 17.0 Å². The summed E-state index contributed by atoms with van der Waals surface area (Å²) in [6.45, 7) is 0. The van der Waals surface area contributed by atoms with Gasteiger partial charge in [0.05, 0.1) is 5.69 Å². The number of hydrogen-bond acceptors (Lipinski definition) is 5. The van der Waals surface area contributed by atoms with Gasteiger partial charge in [-0.25, -0.2) is 9.69 Å². The molecule has 3 unspecified atom stereocenters. The molecular formula is C23H26N2O6S2. The summed E-state index contributed by atoms with van der Waals surface area (Å²) in [7, 11) is -1.30. The third-order valence-electron chi connectivity index (χ3n) is 5.85. The van der Waals surface area contributed by atoms with Gasteiger partial charge in [-0.2, -0.15) is 0 Å². The average molecular weight is 491 g/mol. The van der Waals surface area contributed by atoms with Crippen LogP contribution in [0.25, 0.3) is 11.0 Å². The standard InChI is InChI=1S/C23H26N2O6S2/c26-23(24-27)20(12-13-32(28)15-16-6-2-1-3-7-16)25(33(29)30)17-10-11-19-18-8-4-5-9-21(18)31-22(19)14-17/h1-3,6-7,10-11,14,20,27H,4-5,8-9,12-13,15H2,(H,24,26)(H,29,30). The summed E-state index contributed by atoms with van der Waals surface area (Å²) >= 11 is -2.57. The van der Waals surface area contributed by atoms with Crippen LogP contribution in [0.1, 0.15) is 36.1 Å². The van der Waals surface area contributed by atoms with Gasteiger partial charge in [0.25, 0.3) is 17.2 Å². The fourth-order valence-electron chi connectivity index (χ4n) is 4.27. The van der Waals surface area contributed by atoms with Crippen LogP contribution in [0.2, 0.25) is 0 Å². The Labute approximate surface area is 196 Å². The van der Waals surface area contributed by atoms with Crippen LogP contribution >= 0.6 is 0 Å². The lowest BCUT2D eigenvalue weighted by atomic mass is 9.96. The number of carbonyl (C=O) groups is 1. The molecular weight excluding hydrogens is 464 g/mol. The topological polar surface area (TPSA) is 120 Å². The SMILES string of the molecule is O=C(NO)C(CCS(=O)Cc1ccccc1)N(c1ccc2c3c(oc2c1)CCCC3)S(=O)O. The summed E-state index contributed by atoms with van der Waals surface area (Å²) in [6.07, 6.45) is 3.95. The smallest absolute Gasteiger partial charge is 0.267 e. The first kappa shape index (κ1) is 23.6. The van der Waals surface area contributed by atoms with Gasteiger partial charge >= 0.3 is 0 Å². The van der Waals surface area contributed by atoms with E-state index in [1.54, 1.807) is 17.6 Å². The van der Waals surface area contributed by atoms with E-state index in [1.807, 2.05) is 36.4 Å². The minimum atomic E-state index is -2.57. The predicted octanol–water partition coefficient (Wildman–Crippen LogP) is 3.47. The zero-order chi connectivity index (χ0) is 23.4. The van der Waals surface area contributed by atoms with E-state index in [2.05, 4.69) is 0 Å². The molecule has 10 heteroatoms. The van der Waals surface area contributed by atoms with Gasteiger partial charge in [0.2, 0.25) is 0 Å². The lowest BCUT2D eigenvalue weighted by Gasteiger charge is -2.28. The third kappa shape index (κ3) is 5.35. The van der Waals surface area contributed by atoms with E-state index in [9.17, 15) is 23.0 Å². The quantitative estimate of drug-likeness (QED) is 0.240. The normalized spacial score (nSPS) is 16.1. The molecule has 0 saturated heterocycles. The van der Waals surface area contributed by atoms with E-state index >= 15 is 0 Å². The van der Waals surface area contributed by atoms with E-state index < -0.39 is 34.0 Å². The molecule has 1 heterocycles. The number of aryl methyl sites for hydroxylation is 2. The van der Waals surface area contributed by atoms with Crippen molar-refractivity contribution in [3.8, 4) is 0 Å². The van der Waals surface area contributed by atoms with Crippen LogP contribution in [-0.2, 0) is 45.5 Å². The molecule has 4 rings (SSSR count). The van der Waals surface area contributed by atoms with Gasteiger partial charge in [-0.05, 0) is 43.4 Å². The Morgan fingerprint density at radius 2 is 1.88 bits per heavy atom. The Balaban J connectivity index is 1.58. The Kier molecular flexibility index (Phi) is 7.59. The molecule has 0 bridgehead atoms. The maximum atomic E-state index is 12.6. The molecule has 3 aromatic rings. The Bertz CT molecular complexity index is 1180. The second-order valence-corrected chi connectivity index (χ2v) is 10.4. The fraction of sp³-hybridized carbons (Fsp3) is 0.348. The van der Waals surface area contributed by atoms with Crippen molar-refractivity contribution in [1.29, 1.82) is 0 Å². The van der Waals surface area contributed by atoms with Crippen LogP contribution in [0.4, 0.5) is 5.69 Å². The minimum Gasteiger partial charge on any atom is -0.461 e. The van der Waals surface area contributed by atoms with E-state index in [4.69, 9.17) is 4.42 Å². The Hall–Kier alpha value is -2.53. The van der Waals surface area contributed by atoms with Crippen LogP contribution in [0.15, 0.2) is 52.9 Å². The van der Waals surface area contributed by atoms with Crippen molar-refractivity contribution in [2.24, 2.45) is 0 Å². The lowest BCUT2D eigenvalue weighted by molar-refractivity contribution is -0.130. The van der Waals surface area contributed by atoms with Gasteiger partial charge in [-0.15, -0.1) is 0 Å². The van der Waals surface area contributed by atoms with E-state index in [-0.39, 0.29) is 12.2 Å². The molecule has 0 aliphatic heterocycles. The molecule has 1 aromatic heterocycles. The van der Waals surface area contributed by atoms with Crippen molar-refractivity contribution in [3.05, 3.63) is 65.4 Å². The number of hydroxylamine groups is 1. The van der Waals surface area contributed by atoms with Gasteiger partial charge in [-0.1, -0.05) is 30.3 Å². The highest BCUT2D eigenvalue weighted by Crippen LogP contribution is 2.35. The highest BCUT2D eigenvalue weighted by Gasteiger charge is 2.31. The van der Waals surface area contributed by atoms with Gasteiger partial charge in [0.15, 0.2) is 0 Å². The molecule has 8 nitrogen and oxygen atoms in total. The Morgan fingerprint density at radius 1 is 1.12 bits per heavy atom. The number of rotatable bonds is 9. The second-order valence-electron chi connectivity index (χ2n) is 8.00. The molecule has 1 amide bonds. The molecule has 1 aliphatic rings. The Morgan fingerprint density at radius 3 is 2.61 bits per heavy atom. The van der Waals surface area contributed by atoms with Gasteiger partial charge in [0.1, 0.15) is 17.4 Å². The first-order valence-corrected chi connectivity index (χ1v) is 13.3. The number of nitrogens with zero attached hydrogens (tertiary/aromatic N) is 1. The van der Waals surface area contributed by atoms with Crippen LogP contribution in [-0.4, -0.2) is 35.9 Å². The highest BCUT2D eigenvalue weighted by atomic mass is 32.2. The first-order valence-electron chi connectivity index (χ1n) is 10.7. The summed E-state index contributed by atoms with van der Waals surface area (Å²) in [5.41, 5.74) is 4.53. The molecule has 0 fully saturated rings. The van der Waals surface area contributed by atoms with Crippen LogP contribution < -0.4 is 9.79 Å². The zero-order valence-electron chi connectivity index (χ0n) is 17.9. The molecule has 2 aromatic carbocycles. The zero-order valence-corrected chi connectivity index (χ0v) is 19.6. The van der Waals surface area contributed by atoms with Crippen LogP contribution in [0.3, 0.4) is 0 Å². The summed E-state index contributed by atoms with van der Waals surface area (Å²) in [4.78, 5) is 12.5. The maximum absolute atomic E-state index is 12.6. The largest absolute Gasteiger partial charge is 0.461 e. The van der Waals surface area contributed by atoms with Gasteiger partial charge < -0.3 is 4.42 Å². The number of amides is 1. The number of hydrogen-bond donors (Lipinski definition) is 3. The van der Waals surface area contributed by atoms with Crippen molar-refractivity contribution in [3.63, 3.8) is 0 Å². The summed E-state index contributed by atoms with van der Waals surface area (Å²) in [5.74, 6) is 0.497. The minimum absolute atomic E-state index is 0.00479. The second kappa shape index (κ2) is 10.6. The number of anilines is 1. The highest BCUT2D eigenvalue weighted by molar-refractivity contribution is 7.84. The summed E-state index contributed by atoms with van der Waals surface area (Å²) in [5, 5.41) is 10.2. The lowest BCUT2D eigenvalue weighted by Crippen LogP contribution is -2.47. The van der Waals surface area contributed by atoms with Crippen molar-refractivity contribution in [2.45, 2.75) is 43.9 Å². The molecule has 0 spiro atoms. The number of nitrogens with one attached hydrogen (secondary N) is 1. The number of carbonyl (C=O) groups excluding carboxylic acids is 1. The summed E-state index contributed by atoms with van der Waals surface area (Å²) < 4.78 is 41.9. The number of benzene rings is 2. The molecule has 0 radical (unpaired) electrons. The average Bonchev–Trinajstić information content (AvgIpc) is 3.19. The molecule has 3 atom stereocenters. The van der Waals surface area contributed by atoms with Crippen LogP contribution in [0.5, 0.6) is 0 Å². The van der Waals surface area contributed by atoms with Gasteiger partial charge in [-0.3, -0.25) is 23.1 Å². The maximum Gasteiger partial charge on any atom is 0.267 e. The third-order valence-corrected chi connectivity index (χ3v) is 8.00. The first-order chi connectivity index (χ1) is 16.0. The molecule has 3 N–H and O–H groups in total. The number of furan rings is 1. The number of fused-ring (bicyclic) bond motifs is 3. The van der Waals surface area contributed by atoms with Gasteiger partial charge in [0, 0.05) is 45.7 Å². The van der Waals surface area contributed by atoms with Crippen LogP contribution in [0, 0.1) is 0 Å². The predicted molar refractivity (Wildman–Crippen MR) is 128 cm³/mol. The summed E-state index contributed by atoms with van der Waals surface area (Å²) in [6, 6.07) is 13.2. The van der Waals surface area contributed by atoms with Crippen molar-refractivity contribution < 1.29 is 27.4 Å². The molecule has 33 heavy (non-hydrogen) atoms. The van der Waals surface area contributed by atoms with Crippen molar-refractivity contribution >= 4 is 44.6 Å². The van der Waals surface area contributed by atoms with Crippen molar-refractivity contribution in [1.82, 2.24) is 5.48 Å². The van der Waals surface area contributed by atoms with E-state index in [0.717, 1.165) is 46.7 Å². The molecule has 176 valence electrons. The van der Waals surface area contributed by atoms with Crippen molar-refractivity contribution in [2.75, 3.05) is 10.1 Å². The molecule has 0 saturated carbocycles. The molecule has 1 aliphatic carbocycles. The van der Waals surface area contributed by atoms with E-state index in [1.165, 1.54) is 5.56 Å². The monoisotopic (exact) mass is 490 g/mol. The fourth-order valence-corrected chi connectivity index (χ4v) is 6.18.